The van der Waals surface area contributed by atoms with Crippen molar-refractivity contribution in [1.29, 1.82) is 0 Å². The topological polar surface area (TPSA) is 75.3 Å². The average Bonchev–Trinajstić information content (AvgIpc) is 2.45. The van der Waals surface area contributed by atoms with Crippen molar-refractivity contribution in [3.63, 3.8) is 0 Å². The van der Waals surface area contributed by atoms with Crippen molar-refractivity contribution < 1.29 is 9.90 Å². The molecule has 0 bridgehead atoms. The number of aliphatic hydroxyl groups excluding tert-OH is 1. The van der Waals surface area contributed by atoms with Crippen LogP contribution in [-0.4, -0.2) is 30.7 Å². The highest BCUT2D eigenvalue weighted by molar-refractivity contribution is 5.83. The summed E-state index contributed by atoms with van der Waals surface area (Å²) in [4.78, 5) is 12.1. The molecule has 0 saturated heterocycles. The molecule has 2 unspecified atom stereocenters. The Morgan fingerprint density at radius 2 is 2.05 bits per heavy atom. The first-order chi connectivity index (χ1) is 9.22. The highest BCUT2D eigenvalue weighted by atomic mass is 16.3. The van der Waals surface area contributed by atoms with E-state index in [4.69, 9.17) is 10.8 Å². The molecule has 0 heterocycles. The second-order valence-electron chi connectivity index (χ2n) is 4.73. The molecule has 2 atom stereocenters. The van der Waals surface area contributed by atoms with E-state index >= 15 is 0 Å². The second-order valence-corrected chi connectivity index (χ2v) is 4.73. The number of rotatable bonds is 8. The Hall–Kier alpha value is -1.39. The zero-order valence-electron chi connectivity index (χ0n) is 11.5. The summed E-state index contributed by atoms with van der Waals surface area (Å²) in [7, 11) is 0. The molecular weight excluding hydrogens is 240 g/mol. The maximum Gasteiger partial charge on any atom is 0.228 e. The second kappa shape index (κ2) is 8.67. The summed E-state index contributed by atoms with van der Waals surface area (Å²) < 4.78 is 0. The fraction of sp³-hybridized carbons (Fsp3) is 0.533. The minimum Gasteiger partial charge on any atom is -0.396 e. The van der Waals surface area contributed by atoms with E-state index in [9.17, 15) is 4.79 Å². The van der Waals surface area contributed by atoms with Crippen LogP contribution >= 0.6 is 0 Å². The lowest BCUT2D eigenvalue weighted by Crippen LogP contribution is -2.36. The minimum atomic E-state index is -0.298. The number of nitrogens with one attached hydrogen (secondary N) is 1. The van der Waals surface area contributed by atoms with Crippen LogP contribution in [-0.2, 0) is 4.79 Å². The van der Waals surface area contributed by atoms with Crippen LogP contribution in [0.5, 0.6) is 0 Å². The first kappa shape index (κ1) is 15.7. The molecule has 0 saturated carbocycles. The van der Waals surface area contributed by atoms with E-state index in [1.54, 1.807) is 0 Å². The smallest absolute Gasteiger partial charge is 0.228 e. The predicted molar refractivity (Wildman–Crippen MR) is 76.7 cm³/mol. The number of benzene rings is 1. The van der Waals surface area contributed by atoms with E-state index in [1.807, 2.05) is 30.3 Å². The predicted octanol–water partition coefficient (Wildman–Crippen LogP) is 1.25. The molecule has 4 nitrogen and oxygen atoms in total. The largest absolute Gasteiger partial charge is 0.396 e. The number of carbonyl (C=O) groups excluding carboxylic acids is 1. The minimum absolute atomic E-state index is 0.0370. The molecular formula is C15H24N2O2. The fourth-order valence-corrected chi connectivity index (χ4v) is 2.08. The Kier molecular flexibility index (Phi) is 7.15. The van der Waals surface area contributed by atoms with Gasteiger partial charge in [-0.2, -0.15) is 0 Å². The zero-order chi connectivity index (χ0) is 14.1. The fourth-order valence-electron chi connectivity index (χ4n) is 2.08. The third-order valence-electron chi connectivity index (χ3n) is 3.43. The molecule has 0 aliphatic rings. The number of hydrogen-bond acceptors (Lipinski definition) is 3. The Morgan fingerprint density at radius 3 is 2.58 bits per heavy atom. The molecule has 0 aromatic heterocycles. The van der Waals surface area contributed by atoms with Gasteiger partial charge in [0.15, 0.2) is 0 Å². The quantitative estimate of drug-likeness (QED) is 0.661. The van der Waals surface area contributed by atoms with Crippen LogP contribution in [0, 0.1) is 5.92 Å². The van der Waals surface area contributed by atoms with Crippen LogP contribution in [0.4, 0.5) is 0 Å². The Morgan fingerprint density at radius 1 is 1.37 bits per heavy atom. The molecule has 0 fully saturated rings. The number of aliphatic hydroxyl groups is 1. The average molecular weight is 264 g/mol. The lowest BCUT2D eigenvalue weighted by atomic mass is 9.97. The number of nitrogens with two attached hydrogens (primary N) is 1. The van der Waals surface area contributed by atoms with Crippen molar-refractivity contribution in [2.45, 2.75) is 25.7 Å². The van der Waals surface area contributed by atoms with E-state index in [2.05, 4.69) is 12.2 Å². The molecule has 0 spiro atoms. The third kappa shape index (κ3) is 5.01. The molecule has 1 amide bonds. The monoisotopic (exact) mass is 264 g/mol. The van der Waals surface area contributed by atoms with Crippen LogP contribution in [0.3, 0.4) is 0 Å². The van der Waals surface area contributed by atoms with E-state index in [0.29, 0.717) is 19.0 Å². The van der Waals surface area contributed by atoms with Gasteiger partial charge in [-0.05, 0) is 17.9 Å². The maximum absolute atomic E-state index is 12.1. The lowest BCUT2D eigenvalue weighted by molar-refractivity contribution is -0.122. The van der Waals surface area contributed by atoms with Gasteiger partial charge >= 0.3 is 0 Å². The first-order valence-corrected chi connectivity index (χ1v) is 6.86. The molecule has 4 heteroatoms. The number of carbonyl (C=O) groups is 1. The van der Waals surface area contributed by atoms with Crippen LogP contribution in [0.25, 0.3) is 0 Å². The number of hydrogen-bond donors (Lipinski definition) is 3. The molecule has 106 valence electrons. The summed E-state index contributed by atoms with van der Waals surface area (Å²) in [6.45, 7) is 3.11. The summed E-state index contributed by atoms with van der Waals surface area (Å²) >= 11 is 0. The Labute approximate surface area is 115 Å². The van der Waals surface area contributed by atoms with E-state index in [-0.39, 0.29) is 18.4 Å². The van der Waals surface area contributed by atoms with Gasteiger partial charge in [-0.3, -0.25) is 4.79 Å². The van der Waals surface area contributed by atoms with Gasteiger partial charge in [0.25, 0.3) is 0 Å². The van der Waals surface area contributed by atoms with Gasteiger partial charge in [-0.25, -0.2) is 0 Å². The van der Waals surface area contributed by atoms with Gasteiger partial charge in [0.05, 0.1) is 5.92 Å². The summed E-state index contributed by atoms with van der Waals surface area (Å²) in [6.07, 6.45) is 1.66. The molecule has 1 aromatic rings. The van der Waals surface area contributed by atoms with Crippen LogP contribution in [0.15, 0.2) is 30.3 Å². The molecule has 0 radical (unpaired) electrons. The van der Waals surface area contributed by atoms with Gasteiger partial charge < -0.3 is 16.2 Å². The van der Waals surface area contributed by atoms with E-state index < -0.39 is 0 Å². The van der Waals surface area contributed by atoms with E-state index in [0.717, 1.165) is 18.4 Å². The Balaban J connectivity index is 2.55. The normalized spacial score (nSPS) is 13.8. The van der Waals surface area contributed by atoms with Gasteiger partial charge in [-0.15, -0.1) is 0 Å². The van der Waals surface area contributed by atoms with Crippen LogP contribution < -0.4 is 11.1 Å². The van der Waals surface area contributed by atoms with Crippen molar-refractivity contribution >= 4 is 5.91 Å². The highest BCUT2D eigenvalue weighted by Gasteiger charge is 2.19. The SMILES string of the molecule is CCC(CCO)CNC(=O)C(CN)c1ccccc1. The Bertz CT molecular complexity index is 368. The van der Waals surface area contributed by atoms with Gasteiger partial charge in [-0.1, -0.05) is 43.7 Å². The first-order valence-electron chi connectivity index (χ1n) is 6.86. The van der Waals surface area contributed by atoms with Crippen molar-refractivity contribution in [1.82, 2.24) is 5.32 Å². The zero-order valence-corrected chi connectivity index (χ0v) is 11.5. The summed E-state index contributed by atoms with van der Waals surface area (Å²) in [5, 5.41) is 11.9. The maximum atomic E-state index is 12.1. The van der Waals surface area contributed by atoms with Crippen molar-refractivity contribution in [2.75, 3.05) is 19.7 Å². The van der Waals surface area contributed by atoms with Gasteiger partial charge in [0, 0.05) is 19.7 Å². The molecule has 1 rings (SSSR count). The molecule has 19 heavy (non-hydrogen) atoms. The summed E-state index contributed by atoms with van der Waals surface area (Å²) in [5.41, 5.74) is 6.64. The van der Waals surface area contributed by atoms with E-state index in [1.165, 1.54) is 0 Å². The van der Waals surface area contributed by atoms with Crippen molar-refractivity contribution in [3.05, 3.63) is 35.9 Å². The standard InChI is InChI=1S/C15H24N2O2/c1-2-12(8-9-18)11-17-15(19)14(10-16)13-6-4-3-5-7-13/h3-7,12,14,18H,2,8-11,16H2,1H3,(H,17,19). The van der Waals surface area contributed by atoms with Crippen molar-refractivity contribution in [2.24, 2.45) is 11.7 Å². The summed E-state index contributed by atoms with van der Waals surface area (Å²) in [6, 6.07) is 9.57. The lowest BCUT2D eigenvalue weighted by Gasteiger charge is -2.18. The van der Waals surface area contributed by atoms with Crippen LogP contribution in [0.1, 0.15) is 31.2 Å². The molecule has 1 aromatic carbocycles. The molecule has 4 N–H and O–H groups in total. The van der Waals surface area contributed by atoms with Gasteiger partial charge in [0.2, 0.25) is 5.91 Å². The van der Waals surface area contributed by atoms with Gasteiger partial charge in [0.1, 0.15) is 0 Å². The number of amides is 1. The third-order valence-corrected chi connectivity index (χ3v) is 3.43. The molecule has 0 aliphatic carbocycles. The summed E-state index contributed by atoms with van der Waals surface area (Å²) in [5.74, 6) is -0.0129. The van der Waals surface area contributed by atoms with Crippen LogP contribution in [0.2, 0.25) is 0 Å². The highest BCUT2D eigenvalue weighted by Crippen LogP contribution is 2.14. The van der Waals surface area contributed by atoms with Crippen molar-refractivity contribution in [3.8, 4) is 0 Å². The molecule has 0 aliphatic heterocycles.